The molecule has 0 aromatic heterocycles. The number of sulfonamides is 1. The number of nitrogens with one attached hydrogen (secondary N) is 2. The molecule has 3 aromatic carbocycles. The summed E-state index contributed by atoms with van der Waals surface area (Å²) in [6.07, 6.45) is 1.80. The molecule has 2 N–H and O–H groups in total. The highest BCUT2D eigenvalue weighted by molar-refractivity contribution is 7.89. The lowest BCUT2D eigenvalue weighted by Crippen LogP contribution is -2.27. The first-order valence-electron chi connectivity index (χ1n) is 10.5. The summed E-state index contributed by atoms with van der Waals surface area (Å²) in [6, 6.07) is 23.0. The Morgan fingerprint density at radius 1 is 0.844 bits per heavy atom. The predicted octanol–water partition coefficient (Wildman–Crippen LogP) is 4.31. The molecule has 4 rings (SSSR count). The van der Waals surface area contributed by atoms with Crippen molar-refractivity contribution in [1.82, 2.24) is 4.31 Å². The molecular formula is C24H25N3O4S. The Labute approximate surface area is 188 Å². The highest BCUT2D eigenvalue weighted by atomic mass is 32.2. The molecule has 1 amide bonds. The molecular weight excluding hydrogens is 426 g/mol. The average Bonchev–Trinajstić information content (AvgIpc) is 3.35. The van der Waals surface area contributed by atoms with Crippen molar-refractivity contribution in [3.63, 3.8) is 0 Å². The summed E-state index contributed by atoms with van der Waals surface area (Å²) in [5, 5.41) is 5.84. The molecule has 7 nitrogen and oxygen atoms in total. The van der Waals surface area contributed by atoms with Crippen LogP contribution in [0.25, 0.3) is 0 Å². The number of hydrogen-bond acceptors (Lipinski definition) is 5. The van der Waals surface area contributed by atoms with Gasteiger partial charge in [0.1, 0.15) is 11.5 Å². The van der Waals surface area contributed by atoms with Crippen molar-refractivity contribution >= 4 is 27.3 Å². The van der Waals surface area contributed by atoms with Crippen LogP contribution in [0.15, 0.2) is 83.8 Å². The van der Waals surface area contributed by atoms with Gasteiger partial charge >= 0.3 is 0 Å². The summed E-state index contributed by atoms with van der Waals surface area (Å²) >= 11 is 0. The summed E-state index contributed by atoms with van der Waals surface area (Å²) in [5.74, 6) is 1.11. The van der Waals surface area contributed by atoms with Crippen LogP contribution in [0.1, 0.15) is 12.8 Å². The second-order valence-electron chi connectivity index (χ2n) is 7.48. The second-order valence-corrected chi connectivity index (χ2v) is 9.42. The SMILES string of the molecule is O=C(CNc1ccc(S(=O)(=O)N2CCCC2)cc1)Nc1cccc(Oc2ccccc2)c1. The average molecular weight is 452 g/mol. The standard InChI is InChI=1S/C24H25N3O4S/c28-24(26-20-7-6-10-22(17-20)31-21-8-2-1-3-9-21)18-25-19-11-13-23(14-12-19)32(29,30)27-15-4-5-16-27/h1-3,6-14,17,25H,4-5,15-16,18H2,(H,26,28). The molecule has 1 saturated heterocycles. The van der Waals surface area contributed by atoms with Gasteiger partial charge in [0, 0.05) is 30.5 Å². The number of anilines is 2. The fourth-order valence-electron chi connectivity index (χ4n) is 3.47. The third kappa shape index (κ3) is 5.46. The highest BCUT2D eigenvalue weighted by Gasteiger charge is 2.26. The Bertz CT molecular complexity index is 1160. The molecule has 0 saturated carbocycles. The van der Waals surface area contributed by atoms with E-state index in [4.69, 9.17) is 4.74 Å². The van der Waals surface area contributed by atoms with Crippen LogP contribution in [0.3, 0.4) is 0 Å². The minimum atomic E-state index is -3.44. The monoisotopic (exact) mass is 451 g/mol. The number of rotatable bonds is 8. The topological polar surface area (TPSA) is 87.7 Å². The van der Waals surface area contributed by atoms with Crippen LogP contribution in [0.2, 0.25) is 0 Å². The van der Waals surface area contributed by atoms with Gasteiger partial charge in [0.25, 0.3) is 0 Å². The Balaban J connectivity index is 1.31. The van der Waals surface area contributed by atoms with Crippen molar-refractivity contribution in [2.75, 3.05) is 30.3 Å². The number of para-hydroxylation sites is 1. The molecule has 1 heterocycles. The van der Waals surface area contributed by atoms with E-state index < -0.39 is 10.0 Å². The lowest BCUT2D eigenvalue weighted by Gasteiger charge is -2.15. The maximum atomic E-state index is 12.6. The maximum Gasteiger partial charge on any atom is 0.243 e. The lowest BCUT2D eigenvalue weighted by atomic mass is 10.3. The van der Waals surface area contributed by atoms with Gasteiger partial charge in [0.15, 0.2) is 0 Å². The van der Waals surface area contributed by atoms with Crippen molar-refractivity contribution < 1.29 is 17.9 Å². The van der Waals surface area contributed by atoms with E-state index in [-0.39, 0.29) is 17.3 Å². The molecule has 0 spiro atoms. The van der Waals surface area contributed by atoms with E-state index in [9.17, 15) is 13.2 Å². The highest BCUT2D eigenvalue weighted by Crippen LogP contribution is 2.24. The van der Waals surface area contributed by atoms with Crippen LogP contribution in [-0.2, 0) is 14.8 Å². The third-order valence-corrected chi connectivity index (χ3v) is 7.02. The fourth-order valence-corrected chi connectivity index (χ4v) is 4.99. The summed E-state index contributed by atoms with van der Waals surface area (Å²) in [7, 11) is -3.44. The minimum absolute atomic E-state index is 0.0436. The van der Waals surface area contributed by atoms with E-state index in [2.05, 4.69) is 10.6 Å². The van der Waals surface area contributed by atoms with Crippen LogP contribution in [0, 0.1) is 0 Å². The van der Waals surface area contributed by atoms with Crippen molar-refractivity contribution in [2.45, 2.75) is 17.7 Å². The van der Waals surface area contributed by atoms with Crippen LogP contribution >= 0.6 is 0 Å². The van der Waals surface area contributed by atoms with E-state index in [1.54, 1.807) is 42.5 Å². The lowest BCUT2D eigenvalue weighted by molar-refractivity contribution is -0.114. The number of hydrogen-bond donors (Lipinski definition) is 2. The van der Waals surface area contributed by atoms with Gasteiger partial charge in [-0.2, -0.15) is 4.31 Å². The summed E-state index contributed by atoms with van der Waals surface area (Å²) in [6.45, 7) is 1.18. The largest absolute Gasteiger partial charge is 0.457 e. The van der Waals surface area contributed by atoms with Crippen molar-refractivity contribution in [1.29, 1.82) is 0 Å². The molecule has 0 aliphatic carbocycles. The van der Waals surface area contributed by atoms with Gasteiger partial charge in [-0.3, -0.25) is 4.79 Å². The van der Waals surface area contributed by atoms with E-state index in [1.807, 2.05) is 36.4 Å². The molecule has 3 aromatic rings. The van der Waals surface area contributed by atoms with Gasteiger partial charge < -0.3 is 15.4 Å². The van der Waals surface area contributed by atoms with E-state index >= 15 is 0 Å². The molecule has 0 bridgehead atoms. The van der Waals surface area contributed by atoms with Gasteiger partial charge in [0.2, 0.25) is 15.9 Å². The third-order valence-electron chi connectivity index (χ3n) is 5.11. The smallest absolute Gasteiger partial charge is 0.243 e. The summed E-state index contributed by atoms with van der Waals surface area (Å²) < 4.78 is 32.5. The Morgan fingerprint density at radius 3 is 2.25 bits per heavy atom. The molecule has 1 fully saturated rings. The zero-order chi connectivity index (χ0) is 22.4. The molecule has 0 unspecified atom stereocenters. The zero-order valence-electron chi connectivity index (χ0n) is 17.5. The van der Waals surface area contributed by atoms with Crippen LogP contribution in [0.4, 0.5) is 11.4 Å². The van der Waals surface area contributed by atoms with Gasteiger partial charge in [-0.15, -0.1) is 0 Å². The van der Waals surface area contributed by atoms with E-state index in [0.717, 1.165) is 12.8 Å². The first kappa shape index (κ1) is 21.9. The number of amides is 1. The van der Waals surface area contributed by atoms with Crippen molar-refractivity contribution in [3.8, 4) is 11.5 Å². The molecule has 32 heavy (non-hydrogen) atoms. The van der Waals surface area contributed by atoms with Gasteiger partial charge in [-0.1, -0.05) is 24.3 Å². The Kier molecular flexibility index (Phi) is 6.72. The number of carbonyl (C=O) groups excluding carboxylic acids is 1. The number of nitrogens with zero attached hydrogens (tertiary/aromatic N) is 1. The minimum Gasteiger partial charge on any atom is -0.457 e. The predicted molar refractivity (Wildman–Crippen MR) is 125 cm³/mol. The molecule has 0 atom stereocenters. The fraction of sp³-hybridized carbons (Fsp3) is 0.208. The molecule has 0 radical (unpaired) electrons. The maximum absolute atomic E-state index is 12.6. The molecule has 8 heteroatoms. The molecule has 1 aliphatic rings. The zero-order valence-corrected chi connectivity index (χ0v) is 18.3. The van der Waals surface area contributed by atoms with E-state index in [1.165, 1.54) is 4.31 Å². The Morgan fingerprint density at radius 2 is 1.53 bits per heavy atom. The number of benzene rings is 3. The van der Waals surface area contributed by atoms with Crippen LogP contribution in [0.5, 0.6) is 11.5 Å². The summed E-state index contributed by atoms with van der Waals surface area (Å²) in [5.41, 5.74) is 1.29. The number of carbonyl (C=O) groups is 1. The first-order valence-corrected chi connectivity index (χ1v) is 11.9. The quantitative estimate of drug-likeness (QED) is 0.533. The van der Waals surface area contributed by atoms with Crippen molar-refractivity contribution in [2.24, 2.45) is 0 Å². The second kappa shape index (κ2) is 9.84. The van der Waals surface area contributed by atoms with Gasteiger partial charge in [-0.05, 0) is 61.4 Å². The van der Waals surface area contributed by atoms with E-state index in [0.29, 0.717) is 36.0 Å². The first-order chi connectivity index (χ1) is 15.5. The normalized spacial score (nSPS) is 14.1. The number of ether oxygens (including phenoxy) is 1. The Hall–Kier alpha value is -3.36. The van der Waals surface area contributed by atoms with Gasteiger partial charge in [-0.25, -0.2) is 8.42 Å². The van der Waals surface area contributed by atoms with Crippen LogP contribution in [-0.4, -0.2) is 38.3 Å². The van der Waals surface area contributed by atoms with Crippen molar-refractivity contribution in [3.05, 3.63) is 78.9 Å². The van der Waals surface area contributed by atoms with Gasteiger partial charge in [0.05, 0.1) is 11.4 Å². The molecule has 166 valence electrons. The summed E-state index contributed by atoms with van der Waals surface area (Å²) in [4.78, 5) is 12.6. The molecule has 1 aliphatic heterocycles. The van der Waals surface area contributed by atoms with Crippen LogP contribution < -0.4 is 15.4 Å².